The fourth-order valence-electron chi connectivity index (χ4n) is 3.11. The Hall–Kier alpha value is -1.68. The molecule has 0 N–H and O–H groups in total. The number of hydrogen-bond acceptors (Lipinski definition) is 4. The molecule has 3 heterocycles. The van der Waals surface area contributed by atoms with Crippen LogP contribution in [0, 0.1) is 6.92 Å². The molecule has 0 fully saturated rings. The molecule has 21 heavy (non-hydrogen) atoms. The molecule has 2 aromatic rings. The molecule has 0 spiro atoms. The van der Waals surface area contributed by atoms with Crippen molar-refractivity contribution in [2.24, 2.45) is 4.99 Å². The highest BCUT2D eigenvalue weighted by Crippen LogP contribution is 2.45. The van der Waals surface area contributed by atoms with Crippen molar-refractivity contribution in [3.05, 3.63) is 40.5 Å². The Morgan fingerprint density at radius 1 is 1.33 bits per heavy atom. The van der Waals surface area contributed by atoms with Gasteiger partial charge >= 0.3 is 0 Å². The van der Waals surface area contributed by atoms with Gasteiger partial charge < -0.3 is 9.32 Å². The third kappa shape index (κ3) is 1.93. The first kappa shape index (κ1) is 13.0. The smallest absolute Gasteiger partial charge is 0.168 e. The molecule has 0 saturated heterocycles. The van der Waals surface area contributed by atoms with Gasteiger partial charge in [-0.3, -0.25) is 4.99 Å². The van der Waals surface area contributed by atoms with E-state index < -0.39 is 0 Å². The maximum Gasteiger partial charge on any atom is 0.168 e. The summed E-state index contributed by atoms with van der Waals surface area (Å²) in [4.78, 5) is 8.42. The number of aryl methyl sites for hydroxylation is 1. The lowest BCUT2D eigenvalue weighted by Gasteiger charge is -2.18. The normalized spacial score (nSPS) is 17.8. The van der Waals surface area contributed by atoms with Gasteiger partial charge in [0.1, 0.15) is 5.58 Å². The highest BCUT2D eigenvalue weighted by molar-refractivity contribution is 8.17. The highest BCUT2D eigenvalue weighted by Gasteiger charge is 2.33. The Morgan fingerprint density at radius 2 is 2.24 bits per heavy atom. The predicted molar refractivity (Wildman–Crippen MR) is 89.4 cm³/mol. The number of benzene rings is 1. The molecule has 108 valence electrons. The lowest BCUT2D eigenvalue weighted by Crippen LogP contribution is -2.20. The summed E-state index contributed by atoms with van der Waals surface area (Å²) in [6.45, 7) is 6.25. The Morgan fingerprint density at radius 3 is 3.10 bits per heavy atom. The van der Waals surface area contributed by atoms with Crippen LogP contribution in [-0.2, 0) is 0 Å². The van der Waals surface area contributed by atoms with Crippen LogP contribution in [0.4, 0.5) is 0 Å². The van der Waals surface area contributed by atoms with Crippen LogP contribution >= 0.6 is 11.8 Å². The number of fused-ring (bicyclic) bond motifs is 2. The maximum absolute atomic E-state index is 5.81. The first-order chi connectivity index (χ1) is 10.3. The molecule has 0 bridgehead atoms. The van der Waals surface area contributed by atoms with Gasteiger partial charge in [-0.25, -0.2) is 0 Å². The molecule has 0 aliphatic carbocycles. The largest absolute Gasteiger partial charge is 0.464 e. The number of hydrogen-bond donors (Lipinski definition) is 0. The number of nitrogens with zero attached hydrogens (tertiary/aromatic N) is 2. The minimum Gasteiger partial charge on any atom is -0.464 e. The average Bonchev–Trinajstić information content (AvgIpc) is 3.15. The van der Waals surface area contributed by atoms with Gasteiger partial charge in [-0.15, -0.1) is 0 Å². The van der Waals surface area contributed by atoms with Crippen molar-refractivity contribution in [2.45, 2.75) is 26.7 Å². The second kappa shape index (κ2) is 4.95. The van der Waals surface area contributed by atoms with E-state index in [4.69, 9.17) is 4.42 Å². The number of aliphatic imine (C=N–C) groups is 1. The van der Waals surface area contributed by atoms with E-state index in [1.807, 2.05) is 11.8 Å². The van der Waals surface area contributed by atoms with Gasteiger partial charge in [0.2, 0.25) is 0 Å². The summed E-state index contributed by atoms with van der Waals surface area (Å²) in [7, 11) is 0. The molecule has 3 nitrogen and oxygen atoms in total. The molecule has 1 aromatic heterocycles. The molecular formula is C17H18N2OS. The van der Waals surface area contributed by atoms with Crippen LogP contribution in [0.5, 0.6) is 0 Å². The monoisotopic (exact) mass is 298 g/mol. The number of furan rings is 1. The molecule has 0 saturated carbocycles. The minimum atomic E-state index is 0.901. The number of thioether (sulfide) groups is 1. The Labute approximate surface area is 128 Å². The fraction of sp³-hybridized carbons (Fsp3) is 0.353. The second-order valence-electron chi connectivity index (χ2n) is 5.53. The van der Waals surface area contributed by atoms with Gasteiger partial charge in [-0.2, -0.15) is 0 Å². The third-order valence-corrected chi connectivity index (χ3v) is 5.29. The molecule has 0 radical (unpaired) electrons. The number of amidine groups is 1. The molecule has 0 amide bonds. The third-order valence-electron chi connectivity index (χ3n) is 4.12. The van der Waals surface area contributed by atoms with E-state index >= 15 is 0 Å². The molecular weight excluding hydrogens is 280 g/mol. The zero-order valence-electron chi connectivity index (χ0n) is 12.3. The summed E-state index contributed by atoms with van der Waals surface area (Å²) in [6, 6.07) is 6.46. The summed E-state index contributed by atoms with van der Waals surface area (Å²) in [5.74, 6) is 0. The van der Waals surface area contributed by atoms with E-state index in [-0.39, 0.29) is 0 Å². The predicted octanol–water partition coefficient (Wildman–Crippen LogP) is 4.63. The molecule has 4 heteroatoms. The topological polar surface area (TPSA) is 28.7 Å². The van der Waals surface area contributed by atoms with Crippen molar-refractivity contribution in [1.29, 1.82) is 0 Å². The summed E-state index contributed by atoms with van der Waals surface area (Å²) in [5.41, 5.74) is 4.80. The molecule has 1 aromatic carbocycles. The van der Waals surface area contributed by atoms with Gasteiger partial charge in [-0.1, -0.05) is 31.2 Å². The summed E-state index contributed by atoms with van der Waals surface area (Å²) >= 11 is 1.84. The molecule has 4 rings (SSSR count). The highest BCUT2D eigenvalue weighted by atomic mass is 32.2. The number of allylic oxidation sites excluding steroid dienone is 1. The van der Waals surface area contributed by atoms with Crippen molar-refractivity contribution < 1.29 is 4.42 Å². The van der Waals surface area contributed by atoms with E-state index in [1.165, 1.54) is 27.1 Å². The SMILES string of the molecule is CCCC1=C(c2ccc(C)c3ccoc23)N2CCN=C2S1. The van der Waals surface area contributed by atoms with Crippen LogP contribution in [0.3, 0.4) is 0 Å². The van der Waals surface area contributed by atoms with E-state index in [9.17, 15) is 0 Å². The first-order valence-corrected chi connectivity index (χ1v) is 8.31. The first-order valence-electron chi connectivity index (χ1n) is 7.49. The van der Waals surface area contributed by atoms with Crippen molar-refractivity contribution in [3.63, 3.8) is 0 Å². The van der Waals surface area contributed by atoms with Gasteiger partial charge in [0, 0.05) is 22.4 Å². The fourth-order valence-corrected chi connectivity index (χ4v) is 4.40. The second-order valence-corrected chi connectivity index (χ2v) is 6.60. The van der Waals surface area contributed by atoms with E-state index in [2.05, 4.69) is 41.9 Å². The number of rotatable bonds is 3. The Bertz CT molecular complexity index is 772. The summed E-state index contributed by atoms with van der Waals surface area (Å²) in [5, 5.41) is 2.37. The standard InChI is InChI=1S/C17H18N2OS/c1-3-4-14-15(19-9-8-18-17(19)21-14)13-6-5-11(2)12-7-10-20-16(12)13/h5-7,10H,3-4,8-9H2,1-2H3. The lowest BCUT2D eigenvalue weighted by molar-refractivity contribution is 0.607. The van der Waals surface area contributed by atoms with E-state index in [0.29, 0.717) is 0 Å². The van der Waals surface area contributed by atoms with Crippen LogP contribution < -0.4 is 0 Å². The van der Waals surface area contributed by atoms with Crippen molar-refractivity contribution in [1.82, 2.24) is 4.90 Å². The van der Waals surface area contributed by atoms with Crippen LogP contribution in [0.2, 0.25) is 0 Å². The molecule has 2 aliphatic rings. The quantitative estimate of drug-likeness (QED) is 0.827. The van der Waals surface area contributed by atoms with E-state index in [1.54, 1.807) is 6.26 Å². The zero-order chi connectivity index (χ0) is 14.4. The van der Waals surface area contributed by atoms with Crippen molar-refractivity contribution in [2.75, 3.05) is 13.1 Å². The van der Waals surface area contributed by atoms with Crippen LogP contribution in [0.25, 0.3) is 16.7 Å². The Balaban J connectivity index is 1.92. The molecule has 2 aliphatic heterocycles. The van der Waals surface area contributed by atoms with Gasteiger partial charge in [0.25, 0.3) is 0 Å². The van der Waals surface area contributed by atoms with Crippen LogP contribution in [-0.4, -0.2) is 23.2 Å². The van der Waals surface area contributed by atoms with Crippen molar-refractivity contribution in [3.8, 4) is 0 Å². The van der Waals surface area contributed by atoms with Crippen LogP contribution in [0.1, 0.15) is 30.9 Å². The molecule has 0 unspecified atom stereocenters. The van der Waals surface area contributed by atoms with Crippen LogP contribution in [0.15, 0.2) is 38.8 Å². The zero-order valence-corrected chi connectivity index (χ0v) is 13.2. The minimum absolute atomic E-state index is 0.901. The van der Waals surface area contributed by atoms with Gasteiger partial charge in [-0.05, 0) is 31.0 Å². The maximum atomic E-state index is 5.81. The Kier molecular flexibility index (Phi) is 3.07. The lowest BCUT2D eigenvalue weighted by atomic mass is 10.0. The van der Waals surface area contributed by atoms with Gasteiger partial charge in [0.15, 0.2) is 5.17 Å². The average molecular weight is 298 g/mol. The van der Waals surface area contributed by atoms with E-state index in [0.717, 1.165) is 36.7 Å². The van der Waals surface area contributed by atoms with Crippen molar-refractivity contribution >= 4 is 33.6 Å². The molecule has 0 atom stereocenters. The summed E-state index contributed by atoms with van der Waals surface area (Å²) in [6.07, 6.45) is 4.05. The van der Waals surface area contributed by atoms with Gasteiger partial charge in [0.05, 0.1) is 18.5 Å². The summed E-state index contributed by atoms with van der Waals surface area (Å²) < 4.78 is 5.81.